The first-order valence-corrected chi connectivity index (χ1v) is 16.2. The van der Waals surface area contributed by atoms with Gasteiger partial charge in [-0.25, -0.2) is 0 Å². The monoisotopic (exact) mass is 444 g/mol. The van der Waals surface area contributed by atoms with Gasteiger partial charge in [0.15, 0.2) is 0 Å². The van der Waals surface area contributed by atoms with Gasteiger partial charge < -0.3 is 17.7 Å². The summed E-state index contributed by atoms with van der Waals surface area (Å²) in [5.41, 5.74) is 5.30. The normalized spacial score (nSPS) is 13.2. The highest BCUT2D eigenvalue weighted by Crippen LogP contribution is 2.28. The van der Waals surface area contributed by atoms with Gasteiger partial charge in [-0.05, 0) is 49.9 Å². The highest BCUT2D eigenvalue weighted by molar-refractivity contribution is 6.90. The standard InChI is InChI=1S/C23H48O4Si2/c1-7-13-15-21-28(24-17-9-3,25-18-10-4)23-29(26-19-11-5,27-20-12-6)22-16-14-8-2/h15-16,21-22H,7-14,17-20,23H2,1-6H3. The summed E-state index contributed by atoms with van der Waals surface area (Å²) in [6, 6.07) is 0. The lowest BCUT2D eigenvalue weighted by molar-refractivity contribution is 0.159. The average Bonchev–Trinajstić information content (AvgIpc) is 2.73. The molecule has 0 bridgehead atoms. The first-order chi connectivity index (χ1) is 14.1. The molecule has 0 aliphatic carbocycles. The maximum atomic E-state index is 6.52. The Morgan fingerprint density at radius 3 is 1.03 bits per heavy atom. The molecular formula is C23H48O4Si2. The molecule has 0 saturated carbocycles. The van der Waals surface area contributed by atoms with Crippen LogP contribution in [-0.4, -0.2) is 43.5 Å². The van der Waals surface area contributed by atoms with E-state index in [2.05, 4.69) is 65.1 Å². The lowest BCUT2D eigenvalue weighted by Crippen LogP contribution is -2.54. The van der Waals surface area contributed by atoms with Crippen LogP contribution >= 0.6 is 0 Å². The minimum atomic E-state index is -2.59. The fourth-order valence-corrected chi connectivity index (χ4v) is 12.0. The van der Waals surface area contributed by atoms with Crippen molar-refractivity contribution in [1.29, 1.82) is 0 Å². The van der Waals surface area contributed by atoms with Crippen LogP contribution in [0.2, 0.25) is 5.67 Å². The van der Waals surface area contributed by atoms with E-state index < -0.39 is 17.1 Å². The molecule has 0 radical (unpaired) electrons. The zero-order valence-corrected chi connectivity index (χ0v) is 22.1. The van der Waals surface area contributed by atoms with E-state index in [9.17, 15) is 0 Å². The second kappa shape index (κ2) is 18.5. The molecular weight excluding hydrogens is 396 g/mol. The lowest BCUT2D eigenvalue weighted by Gasteiger charge is -2.36. The number of hydrogen-bond donors (Lipinski definition) is 0. The third-order valence-electron chi connectivity index (χ3n) is 4.35. The molecule has 0 N–H and O–H groups in total. The van der Waals surface area contributed by atoms with Crippen LogP contribution in [0.5, 0.6) is 0 Å². The summed E-state index contributed by atoms with van der Waals surface area (Å²) in [4.78, 5) is 0. The van der Waals surface area contributed by atoms with Crippen LogP contribution in [0.4, 0.5) is 0 Å². The smallest absolute Gasteiger partial charge is 0.367 e. The van der Waals surface area contributed by atoms with Gasteiger partial charge in [-0.1, -0.05) is 66.5 Å². The van der Waals surface area contributed by atoms with Gasteiger partial charge in [0.05, 0.1) is 0 Å². The molecule has 6 heteroatoms. The second-order valence-electron chi connectivity index (χ2n) is 7.58. The van der Waals surface area contributed by atoms with E-state index in [-0.39, 0.29) is 0 Å². The third-order valence-corrected chi connectivity index (χ3v) is 12.5. The summed E-state index contributed by atoms with van der Waals surface area (Å²) in [6.45, 7) is 15.9. The summed E-state index contributed by atoms with van der Waals surface area (Å²) in [7, 11) is -5.18. The predicted molar refractivity (Wildman–Crippen MR) is 129 cm³/mol. The third kappa shape index (κ3) is 12.9. The molecule has 0 saturated heterocycles. The van der Waals surface area contributed by atoms with Gasteiger partial charge in [0, 0.05) is 32.1 Å². The number of rotatable bonds is 20. The van der Waals surface area contributed by atoms with E-state index in [1.807, 2.05) is 0 Å². The number of allylic oxidation sites excluding steroid dienone is 2. The SMILES string of the molecule is CCCC=C[Si](C[Si](C=CCCC)(OCCC)OCCC)(OCCC)OCCC. The molecule has 0 fully saturated rings. The van der Waals surface area contributed by atoms with Gasteiger partial charge in [0.2, 0.25) is 0 Å². The van der Waals surface area contributed by atoms with E-state index in [0.29, 0.717) is 0 Å². The van der Waals surface area contributed by atoms with Gasteiger partial charge in [-0.3, -0.25) is 0 Å². The van der Waals surface area contributed by atoms with Crippen molar-refractivity contribution in [3.63, 3.8) is 0 Å². The molecule has 0 rings (SSSR count). The van der Waals surface area contributed by atoms with Crippen molar-refractivity contribution in [2.45, 2.75) is 98.6 Å². The Bertz CT molecular complexity index is 373. The van der Waals surface area contributed by atoms with Gasteiger partial charge in [0.25, 0.3) is 0 Å². The Kier molecular flexibility index (Phi) is 18.4. The van der Waals surface area contributed by atoms with Crippen molar-refractivity contribution >= 4 is 17.1 Å². The minimum Gasteiger partial charge on any atom is -0.391 e. The molecule has 0 aromatic heterocycles. The molecule has 0 atom stereocenters. The molecule has 0 amide bonds. The van der Waals surface area contributed by atoms with Gasteiger partial charge >= 0.3 is 17.1 Å². The summed E-state index contributed by atoms with van der Waals surface area (Å²) < 4.78 is 26.1. The Balaban J connectivity index is 5.99. The maximum absolute atomic E-state index is 6.52. The number of hydrogen-bond acceptors (Lipinski definition) is 4. The molecule has 29 heavy (non-hydrogen) atoms. The van der Waals surface area contributed by atoms with Crippen molar-refractivity contribution in [2.24, 2.45) is 0 Å². The van der Waals surface area contributed by atoms with Gasteiger partial charge in [-0.15, -0.1) is 0 Å². The van der Waals surface area contributed by atoms with E-state index in [4.69, 9.17) is 17.7 Å². The van der Waals surface area contributed by atoms with Crippen LogP contribution < -0.4 is 0 Å². The van der Waals surface area contributed by atoms with Crippen molar-refractivity contribution in [3.05, 3.63) is 23.6 Å². The van der Waals surface area contributed by atoms with Crippen LogP contribution in [0.25, 0.3) is 0 Å². The molecule has 0 spiro atoms. The second-order valence-corrected chi connectivity index (χ2v) is 14.1. The van der Waals surface area contributed by atoms with E-state index in [1.54, 1.807) is 0 Å². The van der Waals surface area contributed by atoms with E-state index in [0.717, 1.165) is 83.5 Å². The van der Waals surface area contributed by atoms with Crippen LogP contribution in [0.15, 0.2) is 23.6 Å². The molecule has 0 aliphatic heterocycles. The van der Waals surface area contributed by atoms with Crippen LogP contribution in [0.1, 0.15) is 92.9 Å². The molecule has 4 nitrogen and oxygen atoms in total. The highest BCUT2D eigenvalue weighted by Gasteiger charge is 2.49. The first kappa shape index (κ1) is 28.8. The summed E-state index contributed by atoms with van der Waals surface area (Å²) in [5, 5.41) is 0. The fourth-order valence-electron chi connectivity index (χ4n) is 2.90. The number of unbranched alkanes of at least 4 members (excludes halogenated alkanes) is 2. The molecule has 172 valence electrons. The Hall–Kier alpha value is -0.246. The van der Waals surface area contributed by atoms with Crippen LogP contribution in [0, 0.1) is 0 Å². The summed E-state index contributed by atoms with van der Waals surface area (Å²) in [6.07, 6.45) is 12.8. The predicted octanol–water partition coefficient (Wildman–Crippen LogP) is 6.91. The van der Waals surface area contributed by atoms with Crippen LogP contribution in [0.3, 0.4) is 0 Å². The van der Waals surface area contributed by atoms with Gasteiger partial charge in [0.1, 0.15) is 0 Å². The van der Waals surface area contributed by atoms with E-state index in [1.165, 1.54) is 0 Å². The molecule has 0 unspecified atom stereocenters. The van der Waals surface area contributed by atoms with Crippen molar-refractivity contribution in [1.82, 2.24) is 0 Å². The average molecular weight is 445 g/mol. The summed E-state index contributed by atoms with van der Waals surface area (Å²) in [5.74, 6) is 0. The lowest BCUT2D eigenvalue weighted by atomic mass is 10.3. The maximum Gasteiger partial charge on any atom is 0.367 e. The van der Waals surface area contributed by atoms with E-state index >= 15 is 0 Å². The quantitative estimate of drug-likeness (QED) is 0.191. The zero-order valence-electron chi connectivity index (χ0n) is 20.1. The molecule has 0 aromatic rings. The largest absolute Gasteiger partial charge is 0.391 e. The van der Waals surface area contributed by atoms with Crippen molar-refractivity contribution in [2.75, 3.05) is 26.4 Å². The van der Waals surface area contributed by atoms with Gasteiger partial charge in [-0.2, -0.15) is 0 Å². The minimum absolute atomic E-state index is 0.719. The Morgan fingerprint density at radius 2 is 0.793 bits per heavy atom. The van der Waals surface area contributed by atoms with Crippen molar-refractivity contribution < 1.29 is 17.7 Å². The fraction of sp³-hybridized carbons (Fsp3) is 0.826. The molecule has 0 aromatic carbocycles. The Morgan fingerprint density at radius 1 is 0.483 bits per heavy atom. The zero-order chi connectivity index (χ0) is 21.8. The molecule has 0 aliphatic rings. The molecule has 0 heterocycles. The highest BCUT2D eigenvalue weighted by atomic mass is 28.4. The summed E-state index contributed by atoms with van der Waals surface area (Å²) >= 11 is 0. The topological polar surface area (TPSA) is 36.9 Å². The van der Waals surface area contributed by atoms with Crippen molar-refractivity contribution in [3.8, 4) is 0 Å². The first-order valence-electron chi connectivity index (χ1n) is 12.0. The van der Waals surface area contributed by atoms with Crippen LogP contribution in [-0.2, 0) is 17.7 Å². The Labute approximate surface area is 183 Å².